The Hall–Kier alpha value is -4.78. The summed E-state index contributed by atoms with van der Waals surface area (Å²) in [6.07, 6.45) is 0.296. The molecule has 13 heteroatoms. The normalized spacial score (nSPS) is 20.6. The van der Waals surface area contributed by atoms with Crippen molar-refractivity contribution in [3.05, 3.63) is 87.8 Å². The molecule has 320 valence electrons. The van der Waals surface area contributed by atoms with Gasteiger partial charge in [0.25, 0.3) is 0 Å². The largest absolute Gasteiger partial charge is 0.416 e. The SMILES string of the molecule is C.Cn1c(=O)n(C2CCC(=O)NC2=O)c2ccc(N3CCN(CC4CCN(c5ccc(C6CCN(c7ccc(C(C)(C)C)c(C(F)(F)F)c7)CC6)cc5)CC4)CC3)cc21.[HH]. The minimum Gasteiger partial charge on any atom is -0.372 e. The average molecular weight is 818 g/mol. The van der Waals surface area contributed by atoms with Gasteiger partial charge in [0.05, 0.1) is 16.6 Å². The van der Waals surface area contributed by atoms with Crippen LogP contribution in [0.1, 0.15) is 96.8 Å². The third-order valence-electron chi connectivity index (χ3n) is 13.2. The van der Waals surface area contributed by atoms with E-state index >= 15 is 0 Å². The quantitative estimate of drug-likeness (QED) is 0.190. The molecule has 4 fully saturated rings. The highest BCUT2D eigenvalue weighted by Crippen LogP contribution is 2.41. The number of piperazine rings is 1. The smallest absolute Gasteiger partial charge is 0.372 e. The molecule has 0 spiro atoms. The van der Waals surface area contributed by atoms with Crippen molar-refractivity contribution in [3.63, 3.8) is 0 Å². The topological polar surface area (TPSA) is 86.1 Å². The number of fused-ring (bicyclic) bond motifs is 1. The zero-order valence-corrected chi connectivity index (χ0v) is 34.2. The van der Waals surface area contributed by atoms with Gasteiger partial charge in [0.15, 0.2) is 0 Å². The Morgan fingerprint density at radius 1 is 0.678 bits per heavy atom. The molecule has 59 heavy (non-hydrogen) atoms. The first-order valence-corrected chi connectivity index (χ1v) is 21.0. The van der Waals surface area contributed by atoms with Crippen LogP contribution in [-0.4, -0.2) is 84.8 Å². The number of benzene rings is 3. The number of aromatic nitrogens is 2. The number of imide groups is 1. The van der Waals surface area contributed by atoms with Gasteiger partial charge in [0.1, 0.15) is 6.04 Å². The highest BCUT2D eigenvalue weighted by Gasteiger charge is 2.37. The van der Waals surface area contributed by atoms with Gasteiger partial charge in [-0.2, -0.15) is 13.2 Å². The molecule has 1 N–H and O–H groups in total. The van der Waals surface area contributed by atoms with Crippen LogP contribution in [-0.2, 0) is 28.2 Å². The number of anilines is 3. The summed E-state index contributed by atoms with van der Waals surface area (Å²) < 4.78 is 45.2. The van der Waals surface area contributed by atoms with E-state index in [-0.39, 0.29) is 26.9 Å². The van der Waals surface area contributed by atoms with Gasteiger partial charge < -0.3 is 14.7 Å². The molecule has 4 aliphatic heterocycles. The van der Waals surface area contributed by atoms with E-state index in [0.717, 1.165) is 95.8 Å². The van der Waals surface area contributed by atoms with Gasteiger partial charge in [0.2, 0.25) is 11.8 Å². The summed E-state index contributed by atoms with van der Waals surface area (Å²) in [5.74, 6) is 0.333. The maximum Gasteiger partial charge on any atom is 0.416 e. The predicted octanol–water partition coefficient (Wildman–Crippen LogP) is 7.94. The fraction of sp³-hybridized carbons (Fsp3) is 0.543. The first kappa shape index (κ1) is 42.3. The molecule has 4 aromatic rings. The minimum atomic E-state index is -4.38. The number of aryl methyl sites for hydroxylation is 1. The molecule has 2 amide bonds. The molecule has 0 radical (unpaired) electrons. The number of imidazole rings is 1. The Kier molecular flexibility index (Phi) is 12.0. The Morgan fingerprint density at radius 2 is 1.25 bits per heavy atom. The van der Waals surface area contributed by atoms with Crippen molar-refractivity contribution in [1.29, 1.82) is 0 Å². The molecule has 1 unspecified atom stereocenters. The van der Waals surface area contributed by atoms with Gasteiger partial charge >= 0.3 is 11.9 Å². The van der Waals surface area contributed by atoms with Crippen molar-refractivity contribution in [3.8, 4) is 0 Å². The van der Waals surface area contributed by atoms with Gasteiger partial charge in [-0.05, 0) is 103 Å². The van der Waals surface area contributed by atoms with Crippen LogP contribution in [0.5, 0.6) is 0 Å². The lowest BCUT2D eigenvalue weighted by atomic mass is 9.83. The highest BCUT2D eigenvalue weighted by molar-refractivity contribution is 6.00. The van der Waals surface area contributed by atoms with Crippen molar-refractivity contribution in [2.75, 3.05) is 73.6 Å². The number of piperidine rings is 3. The summed E-state index contributed by atoms with van der Waals surface area (Å²) in [5.41, 5.74) is 4.76. The monoisotopic (exact) mass is 817 g/mol. The number of nitrogens with one attached hydrogen (secondary N) is 1. The second-order valence-corrected chi connectivity index (χ2v) is 17.9. The van der Waals surface area contributed by atoms with E-state index in [0.29, 0.717) is 35.0 Å². The average Bonchev–Trinajstić information content (AvgIpc) is 3.45. The van der Waals surface area contributed by atoms with Crippen LogP contribution in [0, 0.1) is 5.92 Å². The molecular formula is C46H62F3N7O3. The molecular weight excluding hydrogens is 756 g/mol. The van der Waals surface area contributed by atoms with Gasteiger partial charge in [-0.25, -0.2) is 4.79 Å². The number of rotatable bonds is 7. The first-order chi connectivity index (χ1) is 27.6. The molecule has 10 nitrogen and oxygen atoms in total. The van der Waals surface area contributed by atoms with Crippen LogP contribution >= 0.6 is 0 Å². The summed E-state index contributed by atoms with van der Waals surface area (Å²) in [6.45, 7) is 13.9. The number of hydrogen-bond donors (Lipinski definition) is 1. The Bertz CT molecular complexity index is 2210. The number of carbonyl (C=O) groups is 2. The van der Waals surface area contributed by atoms with E-state index in [4.69, 9.17) is 0 Å². The lowest BCUT2D eigenvalue weighted by Crippen LogP contribution is -2.49. The molecule has 5 heterocycles. The van der Waals surface area contributed by atoms with Crippen LogP contribution in [0.2, 0.25) is 0 Å². The summed E-state index contributed by atoms with van der Waals surface area (Å²) in [4.78, 5) is 47.1. The molecule has 0 bridgehead atoms. The lowest BCUT2D eigenvalue weighted by Gasteiger charge is -2.40. The van der Waals surface area contributed by atoms with E-state index in [1.54, 1.807) is 17.7 Å². The predicted molar refractivity (Wildman–Crippen MR) is 232 cm³/mol. The van der Waals surface area contributed by atoms with Crippen molar-refractivity contribution in [2.24, 2.45) is 13.0 Å². The fourth-order valence-corrected chi connectivity index (χ4v) is 9.75. The summed E-state index contributed by atoms with van der Waals surface area (Å²) in [7, 11) is 1.73. The highest BCUT2D eigenvalue weighted by atomic mass is 19.4. The number of halogens is 3. The Balaban J connectivity index is 0.00000302. The molecule has 8 rings (SSSR count). The summed E-state index contributed by atoms with van der Waals surface area (Å²) in [6, 6.07) is 19.2. The van der Waals surface area contributed by atoms with Crippen molar-refractivity contribution in [1.82, 2.24) is 19.4 Å². The zero-order chi connectivity index (χ0) is 40.9. The third-order valence-corrected chi connectivity index (χ3v) is 13.2. The number of amides is 2. The standard InChI is InChI=1S/C45H56F3N7O3.CH4.H2/c1-44(2,3)36-11-9-34(27-37(36)45(46,47)48)53-21-17-32(18-22-53)31-5-7-33(8-6-31)52-19-15-30(16-20-52)29-51-23-25-54(26-24-51)35-10-12-38-40(28-35)50(4)43(58)55(38)39-13-14-41(56)49-42(39)57;;/h5-12,27-28,30,32,39H,13-26,29H2,1-4H3,(H,49,56,57);1H4;1H. The van der Waals surface area contributed by atoms with Gasteiger partial charge in [-0.3, -0.25) is 28.9 Å². The maximum absolute atomic E-state index is 14.0. The van der Waals surface area contributed by atoms with Gasteiger partial charge in [0, 0.05) is 90.9 Å². The van der Waals surface area contributed by atoms with Crippen LogP contribution in [0.15, 0.2) is 65.5 Å². The molecule has 0 aliphatic carbocycles. The molecule has 4 aliphatic rings. The summed E-state index contributed by atoms with van der Waals surface area (Å²) >= 11 is 0. The van der Waals surface area contributed by atoms with E-state index in [1.807, 2.05) is 45.0 Å². The second-order valence-electron chi connectivity index (χ2n) is 17.9. The molecule has 1 atom stereocenters. The zero-order valence-electron chi connectivity index (χ0n) is 34.2. The summed E-state index contributed by atoms with van der Waals surface area (Å²) in [5, 5.41) is 2.38. The van der Waals surface area contributed by atoms with Crippen LogP contribution in [0.25, 0.3) is 11.0 Å². The van der Waals surface area contributed by atoms with Crippen LogP contribution in [0.3, 0.4) is 0 Å². The first-order valence-electron chi connectivity index (χ1n) is 21.0. The van der Waals surface area contributed by atoms with Gasteiger partial charge in [-0.1, -0.05) is 46.4 Å². The molecule has 4 saturated heterocycles. The van der Waals surface area contributed by atoms with Crippen molar-refractivity contribution >= 4 is 39.9 Å². The van der Waals surface area contributed by atoms with Crippen LogP contribution < -0.4 is 25.7 Å². The molecule has 3 aromatic carbocycles. The number of alkyl halides is 3. The third kappa shape index (κ3) is 8.76. The lowest BCUT2D eigenvalue weighted by molar-refractivity contribution is -0.139. The molecule has 1 aromatic heterocycles. The molecule has 0 saturated carbocycles. The van der Waals surface area contributed by atoms with Crippen molar-refractivity contribution < 1.29 is 24.2 Å². The minimum absolute atomic E-state index is 0. The van der Waals surface area contributed by atoms with E-state index < -0.39 is 29.1 Å². The fourth-order valence-electron chi connectivity index (χ4n) is 9.75. The maximum atomic E-state index is 14.0. The second kappa shape index (κ2) is 16.7. The van der Waals surface area contributed by atoms with Crippen LogP contribution in [0.4, 0.5) is 30.2 Å². The van der Waals surface area contributed by atoms with E-state index in [1.165, 1.54) is 21.9 Å². The van der Waals surface area contributed by atoms with Gasteiger partial charge in [-0.15, -0.1) is 0 Å². The Morgan fingerprint density at radius 3 is 1.88 bits per heavy atom. The number of carbonyl (C=O) groups excluding carboxylic acids is 2. The van der Waals surface area contributed by atoms with E-state index in [9.17, 15) is 27.6 Å². The van der Waals surface area contributed by atoms with E-state index in [2.05, 4.69) is 49.2 Å². The Labute approximate surface area is 347 Å². The van der Waals surface area contributed by atoms with Crippen molar-refractivity contribution in [2.45, 2.75) is 90.3 Å². The number of hydrogen-bond acceptors (Lipinski definition) is 7. The number of nitrogens with zero attached hydrogens (tertiary/aromatic N) is 6.